The number of rotatable bonds is 10. The van der Waals surface area contributed by atoms with Crippen LogP contribution in [0.25, 0.3) is 0 Å². The first-order valence-electron chi connectivity index (χ1n) is 12.0. The summed E-state index contributed by atoms with van der Waals surface area (Å²) in [5.74, 6) is -0.776. The van der Waals surface area contributed by atoms with Gasteiger partial charge in [0.15, 0.2) is 15.0 Å². The Hall–Kier alpha value is -3.10. The molecule has 0 saturated carbocycles. The van der Waals surface area contributed by atoms with Crippen LogP contribution in [0.2, 0.25) is 0 Å². The molecular formula is C28H30N2O4S2. The number of aliphatic carboxylic acids is 1. The molecule has 0 radical (unpaired) electrons. The van der Waals surface area contributed by atoms with Gasteiger partial charge in [-0.25, -0.2) is 8.42 Å². The molecule has 0 bridgehead atoms. The second-order valence-corrected chi connectivity index (χ2v) is 12.0. The number of nitrogens with one attached hydrogen (secondary N) is 1. The van der Waals surface area contributed by atoms with Gasteiger partial charge in [0.1, 0.15) is 0 Å². The van der Waals surface area contributed by atoms with Crippen molar-refractivity contribution in [2.75, 3.05) is 23.4 Å². The third-order valence-corrected chi connectivity index (χ3v) is 8.90. The van der Waals surface area contributed by atoms with Gasteiger partial charge in [-0.05, 0) is 60.2 Å². The van der Waals surface area contributed by atoms with Crippen LogP contribution in [0.4, 0.5) is 5.69 Å². The molecule has 0 spiro atoms. The number of sulfone groups is 1. The van der Waals surface area contributed by atoms with Gasteiger partial charge in [-0.1, -0.05) is 66.4 Å². The predicted octanol–water partition coefficient (Wildman–Crippen LogP) is 5.41. The maximum Gasteiger partial charge on any atom is 0.303 e. The Kier molecular flexibility index (Phi) is 8.83. The smallest absolute Gasteiger partial charge is 0.303 e. The van der Waals surface area contributed by atoms with Gasteiger partial charge in [-0.2, -0.15) is 0 Å². The van der Waals surface area contributed by atoms with E-state index in [4.69, 9.17) is 0 Å². The Morgan fingerprint density at radius 3 is 2.42 bits per heavy atom. The highest BCUT2D eigenvalue weighted by atomic mass is 32.2. The summed E-state index contributed by atoms with van der Waals surface area (Å²) >= 11 is 1.74. The molecule has 36 heavy (non-hydrogen) atoms. The van der Waals surface area contributed by atoms with Crippen LogP contribution in [0, 0.1) is 0 Å². The molecule has 1 heterocycles. The standard InChI is InChI=1S/C28H30N2O4S2/c31-27(32)19-24(23-7-2-1-3-8-23)20-36(33,34)26-14-12-21(13-15-26)10-11-22-6-4-9-25(18-22)30-28-29-16-5-17-35-28/h1-4,6-9,12-15,18,24H,5,10-11,16-17,19-20H2,(H,29,30)(H,31,32). The number of anilines is 1. The van der Waals surface area contributed by atoms with Crippen molar-refractivity contribution in [1.82, 2.24) is 0 Å². The average Bonchev–Trinajstić information content (AvgIpc) is 2.88. The lowest BCUT2D eigenvalue weighted by molar-refractivity contribution is -0.137. The van der Waals surface area contributed by atoms with Crippen molar-refractivity contribution < 1.29 is 18.3 Å². The highest BCUT2D eigenvalue weighted by molar-refractivity contribution is 8.14. The van der Waals surface area contributed by atoms with Gasteiger partial charge in [0, 0.05) is 23.9 Å². The van der Waals surface area contributed by atoms with Crippen molar-refractivity contribution >= 4 is 38.4 Å². The van der Waals surface area contributed by atoms with Crippen LogP contribution < -0.4 is 5.32 Å². The molecule has 3 aromatic rings. The first-order chi connectivity index (χ1) is 17.4. The Morgan fingerprint density at radius 2 is 1.72 bits per heavy atom. The molecule has 188 valence electrons. The van der Waals surface area contributed by atoms with E-state index in [0.717, 1.165) is 48.0 Å². The van der Waals surface area contributed by atoms with Gasteiger partial charge in [0.05, 0.1) is 17.1 Å². The quantitative estimate of drug-likeness (QED) is 0.370. The molecule has 0 aromatic heterocycles. The normalized spacial score (nSPS) is 14.6. The Bertz CT molecular complexity index is 1310. The highest BCUT2D eigenvalue weighted by Crippen LogP contribution is 2.26. The molecule has 0 fully saturated rings. The summed E-state index contributed by atoms with van der Waals surface area (Å²) in [6, 6.07) is 24.2. The number of benzene rings is 3. The number of hydrogen-bond donors (Lipinski definition) is 2. The van der Waals surface area contributed by atoms with E-state index in [9.17, 15) is 18.3 Å². The minimum atomic E-state index is -3.64. The molecular weight excluding hydrogens is 492 g/mol. The van der Waals surface area contributed by atoms with Gasteiger partial charge >= 0.3 is 5.97 Å². The van der Waals surface area contributed by atoms with Crippen LogP contribution in [-0.2, 0) is 27.5 Å². The number of hydrogen-bond acceptors (Lipinski definition) is 6. The van der Waals surface area contributed by atoms with E-state index in [1.54, 1.807) is 48.2 Å². The summed E-state index contributed by atoms with van der Waals surface area (Å²) in [6.45, 7) is 0.868. The number of carbonyl (C=O) groups is 1. The SMILES string of the molecule is O=C(O)CC(CS(=O)(=O)c1ccc(CCc2cccc(NC3=NCCCS3)c2)cc1)c1ccccc1. The zero-order valence-electron chi connectivity index (χ0n) is 20.0. The third-order valence-electron chi connectivity index (χ3n) is 6.07. The zero-order chi connectivity index (χ0) is 25.4. The Labute approximate surface area is 216 Å². The number of aliphatic imine (C=N–C) groups is 1. The summed E-state index contributed by atoms with van der Waals surface area (Å²) in [7, 11) is -3.64. The molecule has 0 amide bonds. The van der Waals surface area contributed by atoms with Crippen molar-refractivity contribution in [2.45, 2.75) is 36.5 Å². The summed E-state index contributed by atoms with van der Waals surface area (Å²) < 4.78 is 26.2. The monoisotopic (exact) mass is 522 g/mol. The molecule has 0 saturated heterocycles. The Morgan fingerprint density at radius 1 is 0.972 bits per heavy atom. The maximum atomic E-state index is 13.1. The molecule has 6 nitrogen and oxygen atoms in total. The third kappa shape index (κ3) is 7.45. The second kappa shape index (κ2) is 12.2. The number of nitrogens with zero attached hydrogens (tertiary/aromatic N) is 1. The molecule has 1 atom stereocenters. The predicted molar refractivity (Wildman–Crippen MR) is 147 cm³/mol. The zero-order valence-corrected chi connectivity index (χ0v) is 21.6. The topological polar surface area (TPSA) is 95.8 Å². The summed E-state index contributed by atoms with van der Waals surface area (Å²) in [4.78, 5) is 16.1. The van der Waals surface area contributed by atoms with E-state index >= 15 is 0 Å². The van der Waals surface area contributed by atoms with Crippen LogP contribution in [0.3, 0.4) is 0 Å². The van der Waals surface area contributed by atoms with Gasteiger partial charge in [0.25, 0.3) is 0 Å². The average molecular weight is 523 g/mol. The molecule has 8 heteroatoms. The number of aryl methyl sites for hydroxylation is 2. The van der Waals surface area contributed by atoms with E-state index in [-0.39, 0.29) is 17.1 Å². The van der Waals surface area contributed by atoms with E-state index < -0.39 is 21.7 Å². The minimum Gasteiger partial charge on any atom is -0.481 e. The number of amidine groups is 1. The van der Waals surface area contributed by atoms with Crippen molar-refractivity contribution in [3.05, 3.63) is 95.6 Å². The number of thioether (sulfide) groups is 1. The summed E-state index contributed by atoms with van der Waals surface area (Å²) in [5, 5.41) is 13.7. The fourth-order valence-electron chi connectivity index (χ4n) is 4.19. The lowest BCUT2D eigenvalue weighted by Crippen LogP contribution is -2.18. The lowest BCUT2D eigenvalue weighted by atomic mass is 9.98. The molecule has 1 unspecified atom stereocenters. The first kappa shape index (κ1) is 26.0. The fourth-order valence-corrected chi connectivity index (χ4v) is 6.61. The second-order valence-electron chi connectivity index (χ2n) is 8.85. The van der Waals surface area contributed by atoms with Crippen LogP contribution >= 0.6 is 11.8 Å². The van der Waals surface area contributed by atoms with Crippen molar-refractivity contribution in [2.24, 2.45) is 4.99 Å². The van der Waals surface area contributed by atoms with E-state index in [1.165, 1.54) is 5.56 Å². The van der Waals surface area contributed by atoms with Gasteiger partial charge in [-0.3, -0.25) is 9.79 Å². The Balaban J connectivity index is 1.38. The van der Waals surface area contributed by atoms with Crippen LogP contribution in [0.1, 0.15) is 35.4 Å². The van der Waals surface area contributed by atoms with Crippen LogP contribution in [0.15, 0.2) is 88.8 Å². The molecule has 1 aliphatic heterocycles. The first-order valence-corrected chi connectivity index (χ1v) is 14.6. The van der Waals surface area contributed by atoms with Crippen LogP contribution in [-0.4, -0.2) is 42.7 Å². The van der Waals surface area contributed by atoms with Crippen molar-refractivity contribution in [3.8, 4) is 0 Å². The fraction of sp³-hybridized carbons (Fsp3) is 0.286. The van der Waals surface area contributed by atoms with Gasteiger partial charge in [-0.15, -0.1) is 0 Å². The maximum absolute atomic E-state index is 13.1. The molecule has 1 aliphatic rings. The van der Waals surface area contributed by atoms with Crippen molar-refractivity contribution in [1.29, 1.82) is 0 Å². The van der Waals surface area contributed by atoms with Gasteiger partial charge < -0.3 is 10.4 Å². The molecule has 0 aliphatic carbocycles. The molecule has 2 N–H and O–H groups in total. The van der Waals surface area contributed by atoms with E-state index in [2.05, 4.69) is 22.4 Å². The van der Waals surface area contributed by atoms with Gasteiger partial charge in [0.2, 0.25) is 0 Å². The minimum absolute atomic E-state index is 0.217. The largest absolute Gasteiger partial charge is 0.481 e. The molecule has 4 rings (SSSR count). The summed E-state index contributed by atoms with van der Waals surface area (Å²) in [6.07, 6.45) is 2.49. The lowest BCUT2D eigenvalue weighted by Gasteiger charge is -2.16. The van der Waals surface area contributed by atoms with Crippen LogP contribution in [0.5, 0.6) is 0 Å². The van der Waals surface area contributed by atoms with Crippen molar-refractivity contribution in [3.63, 3.8) is 0 Å². The molecule has 3 aromatic carbocycles. The van der Waals surface area contributed by atoms with E-state index in [0.29, 0.717) is 5.56 Å². The highest BCUT2D eigenvalue weighted by Gasteiger charge is 2.24. The number of carboxylic acid groups (broad SMARTS) is 1. The number of carboxylic acids is 1. The van der Waals surface area contributed by atoms with E-state index in [1.807, 2.05) is 30.3 Å². The summed E-state index contributed by atoms with van der Waals surface area (Å²) in [5.41, 5.74) is 3.98.